The summed E-state index contributed by atoms with van der Waals surface area (Å²) in [5.41, 5.74) is 8.80. The predicted molar refractivity (Wildman–Crippen MR) is 91.8 cm³/mol. The molecule has 120 valence electrons. The highest BCUT2D eigenvalue weighted by Gasteiger charge is 2.12. The van der Waals surface area contributed by atoms with Crippen LogP contribution in [0.2, 0.25) is 0 Å². The van der Waals surface area contributed by atoms with Crippen molar-refractivity contribution in [2.24, 2.45) is 0 Å². The Labute approximate surface area is 136 Å². The van der Waals surface area contributed by atoms with Gasteiger partial charge in [0, 0.05) is 25.3 Å². The van der Waals surface area contributed by atoms with Crippen LogP contribution in [0.25, 0.3) is 5.57 Å². The smallest absolute Gasteiger partial charge is 0.123 e. The molecule has 0 saturated carbocycles. The molecule has 1 heterocycles. The molecule has 0 amide bonds. The third-order valence-electron chi connectivity index (χ3n) is 4.06. The van der Waals surface area contributed by atoms with Crippen LogP contribution in [0, 0.1) is 5.82 Å². The maximum atomic E-state index is 13.0. The van der Waals surface area contributed by atoms with Crippen molar-refractivity contribution < 1.29 is 9.13 Å². The molecule has 2 aromatic rings. The van der Waals surface area contributed by atoms with Crippen molar-refractivity contribution in [1.29, 1.82) is 0 Å². The molecule has 1 aliphatic heterocycles. The first-order valence-corrected chi connectivity index (χ1v) is 7.86. The molecule has 0 fully saturated rings. The first-order valence-electron chi connectivity index (χ1n) is 7.86. The SMILES string of the molecule is Nc1ccc(OCCN2CC=C(c3ccc(F)cc3)CC2)cc1. The Balaban J connectivity index is 1.47. The Morgan fingerprint density at radius 2 is 1.78 bits per heavy atom. The van der Waals surface area contributed by atoms with E-state index in [1.807, 2.05) is 36.4 Å². The zero-order valence-electron chi connectivity index (χ0n) is 13.0. The van der Waals surface area contributed by atoms with Crippen molar-refractivity contribution in [3.05, 3.63) is 66.0 Å². The molecule has 0 aromatic heterocycles. The Hall–Kier alpha value is -2.33. The van der Waals surface area contributed by atoms with E-state index in [4.69, 9.17) is 10.5 Å². The van der Waals surface area contributed by atoms with Gasteiger partial charge in [-0.05, 0) is 54.0 Å². The average Bonchev–Trinajstić information content (AvgIpc) is 2.58. The van der Waals surface area contributed by atoms with Crippen LogP contribution in [0.1, 0.15) is 12.0 Å². The van der Waals surface area contributed by atoms with Gasteiger partial charge in [0.05, 0.1) is 0 Å². The van der Waals surface area contributed by atoms with Crippen LogP contribution >= 0.6 is 0 Å². The summed E-state index contributed by atoms with van der Waals surface area (Å²) in [6, 6.07) is 14.2. The summed E-state index contributed by atoms with van der Waals surface area (Å²) < 4.78 is 18.7. The van der Waals surface area contributed by atoms with Gasteiger partial charge in [-0.1, -0.05) is 18.2 Å². The molecule has 0 spiro atoms. The molecule has 0 atom stereocenters. The van der Waals surface area contributed by atoms with Gasteiger partial charge in [-0.2, -0.15) is 0 Å². The first kappa shape index (κ1) is 15.6. The molecule has 2 N–H and O–H groups in total. The minimum Gasteiger partial charge on any atom is -0.492 e. The standard InChI is InChI=1S/C19H21FN2O/c20-17-3-1-15(2-4-17)16-9-11-22(12-10-16)13-14-23-19-7-5-18(21)6-8-19/h1-9H,10-14,21H2. The van der Waals surface area contributed by atoms with Crippen molar-refractivity contribution >= 4 is 11.3 Å². The maximum absolute atomic E-state index is 13.0. The topological polar surface area (TPSA) is 38.5 Å². The zero-order valence-corrected chi connectivity index (χ0v) is 13.0. The van der Waals surface area contributed by atoms with Gasteiger partial charge in [0.2, 0.25) is 0 Å². The molecule has 0 saturated heterocycles. The van der Waals surface area contributed by atoms with Crippen LogP contribution in [0.4, 0.5) is 10.1 Å². The second kappa shape index (κ2) is 7.29. The Morgan fingerprint density at radius 1 is 1.04 bits per heavy atom. The molecule has 0 radical (unpaired) electrons. The van der Waals surface area contributed by atoms with Crippen molar-refractivity contribution in [2.45, 2.75) is 6.42 Å². The van der Waals surface area contributed by atoms with E-state index in [0.29, 0.717) is 6.61 Å². The van der Waals surface area contributed by atoms with E-state index in [1.54, 1.807) is 0 Å². The number of hydrogen-bond donors (Lipinski definition) is 1. The summed E-state index contributed by atoms with van der Waals surface area (Å²) in [7, 11) is 0. The number of nitrogens with zero attached hydrogens (tertiary/aromatic N) is 1. The summed E-state index contributed by atoms with van der Waals surface area (Å²) >= 11 is 0. The number of hydrogen-bond acceptors (Lipinski definition) is 3. The number of nitrogen functional groups attached to an aromatic ring is 1. The quantitative estimate of drug-likeness (QED) is 0.858. The summed E-state index contributed by atoms with van der Waals surface area (Å²) in [4.78, 5) is 2.35. The number of rotatable bonds is 5. The van der Waals surface area contributed by atoms with Crippen LogP contribution in [-0.4, -0.2) is 31.1 Å². The normalized spacial score (nSPS) is 15.3. The van der Waals surface area contributed by atoms with Crippen LogP contribution in [0.3, 0.4) is 0 Å². The van der Waals surface area contributed by atoms with Crippen molar-refractivity contribution in [2.75, 3.05) is 32.0 Å². The molecule has 3 rings (SSSR count). The van der Waals surface area contributed by atoms with Gasteiger partial charge in [-0.3, -0.25) is 4.90 Å². The minimum atomic E-state index is -0.188. The second-order valence-electron chi connectivity index (χ2n) is 5.70. The van der Waals surface area contributed by atoms with Gasteiger partial charge < -0.3 is 10.5 Å². The lowest BCUT2D eigenvalue weighted by Gasteiger charge is -2.26. The average molecular weight is 312 g/mol. The zero-order chi connectivity index (χ0) is 16.1. The van der Waals surface area contributed by atoms with E-state index in [2.05, 4.69) is 11.0 Å². The highest BCUT2D eigenvalue weighted by Crippen LogP contribution is 2.22. The van der Waals surface area contributed by atoms with E-state index < -0.39 is 0 Å². The van der Waals surface area contributed by atoms with E-state index in [0.717, 1.165) is 43.1 Å². The summed E-state index contributed by atoms with van der Waals surface area (Å²) in [5, 5.41) is 0. The van der Waals surface area contributed by atoms with Gasteiger partial charge in [0.15, 0.2) is 0 Å². The van der Waals surface area contributed by atoms with Crippen LogP contribution in [0.15, 0.2) is 54.6 Å². The van der Waals surface area contributed by atoms with E-state index in [1.165, 1.54) is 17.7 Å². The molecule has 2 aromatic carbocycles. The molecular formula is C19H21FN2O. The third-order valence-corrected chi connectivity index (χ3v) is 4.06. The Bertz CT molecular complexity index is 665. The highest BCUT2D eigenvalue weighted by atomic mass is 19.1. The third kappa shape index (κ3) is 4.33. The van der Waals surface area contributed by atoms with Crippen LogP contribution in [0.5, 0.6) is 5.75 Å². The summed E-state index contributed by atoms with van der Waals surface area (Å²) in [6.07, 6.45) is 3.20. The van der Waals surface area contributed by atoms with E-state index >= 15 is 0 Å². The number of halogens is 1. The van der Waals surface area contributed by atoms with Crippen molar-refractivity contribution in [1.82, 2.24) is 4.90 Å². The van der Waals surface area contributed by atoms with Gasteiger partial charge in [-0.15, -0.1) is 0 Å². The number of anilines is 1. The summed E-state index contributed by atoms with van der Waals surface area (Å²) in [5.74, 6) is 0.658. The lowest BCUT2D eigenvalue weighted by Crippen LogP contribution is -2.32. The molecule has 0 bridgehead atoms. The summed E-state index contributed by atoms with van der Waals surface area (Å²) in [6.45, 7) is 3.44. The van der Waals surface area contributed by atoms with Crippen LogP contribution in [-0.2, 0) is 0 Å². The molecule has 1 aliphatic rings. The number of ether oxygens (including phenoxy) is 1. The predicted octanol–water partition coefficient (Wildman–Crippen LogP) is 3.58. The van der Waals surface area contributed by atoms with Gasteiger partial charge in [0.25, 0.3) is 0 Å². The molecule has 3 nitrogen and oxygen atoms in total. The molecule has 0 aliphatic carbocycles. The number of nitrogens with two attached hydrogens (primary N) is 1. The van der Waals surface area contributed by atoms with Gasteiger partial charge in [0.1, 0.15) is 18.2 Å². The minimum absolute atomic E-state index is 0.188. The largest absolute Gasteiger partial charge is 0.492 e. The Morgan fingerprint density at radius 3 is 2.43 bits per heavy atom. The van der Waals surface area contributed by atoms with Crippen molar-refractivity contribution in [3.8, 4) is 5.75 Å². The number of benzene rings is 2. The molecule has 4 heteroatoms. The van der Waals surface area contributed by atoms with Crippen molar-refractivity contribution in [3.63, 3.8) is 0 Å². The lowest BCUT2D eigenvalue weighted by molar-refractivity contribution is 0.222. The fourth-order valence-electron chi connectivity index (χ4n) is 2.70. The van der Waals surface area contributed by atoms with Gasteiger partial charge >= 0.3 is 0 Å². The van der Waals surface area contributed by atoms with Crippen LogP contribution < -0.4 is 10.5 Å². The van der Waals surface area contributed by atoms with Gasteiger partial charge in [-0.25, -0.2) is 4.39 Å². The monoisotopic (exact) mass is 312 g/mol. The maximum Gasteiger partial charge on any atom is 0.123 e. The van der Waals surface area contributed by atoms with E-state index in [9.17, 15) is 4.39 Å². The van der Waals surface area contributed by atoms with E-state index in [-0.39, 0.29) is 5.82 Å². The second-order valence-corrected chi connectivity index (χ2v) is 5.70. The Kier molecular flexibility index (Phi) is 4.93. The molecule has 23 heavy (non-hydrogen) atoms. The lowest BCUT2D eigenvalue weighted by atomic mass is 9.99. The molecule has 0 unspecified atom stereocenters. The fourth-order valence-corrected chi connectivity index (χ4v) is 2.70. The fraction of sp³-hybridized carbons (Fsp3) is 0.263. The first-order chi connectivity index (χ1) is 11.2. The highest BCUT2D eigenvalue weighted by molar-refractivity contribution is 5.66. The molecular weight excluding hydrogens is 291 g/mol.